The summed E-state index contributed by atoms with van der Waals surface area (Å²) in [5, 5.41) is 0. The minimum atomic E-state index is 0.851. The largest absolute Gasteiger partial charge is 0.379 e. The molecule has 0 rings (SSSR count). The van der Waals surface area contributed by atoms with Gasteiger partial charge in [0.15, 0.2) is 0 Å². The zero-order chi connectivity index (χ0) is 6.62. The minimum Gasteiger partial charge on any atom is -0.379 e. The fourth-order valence-corrected chi connectivity index (χ4v) is 0.365. The summed E-state index contributed by atoms with van der Waals surface area (Å²) >= 11 is 0. The lowest BCUT2D eigenvalue weighted by Gasteiger charge is -2.22. The molecule has 0 aromatic rings. The van der Waals surface area contributed by atoms with E-state index in [9.17, 15) is 0 Å². The Labute approximate surface area is 51.6 Å². The second kappa shape index (κ2) is 3.05. The lowest BCUT2D eigenvalue weighted by molar-refractivity contribution is -0.870. The van der Waals surface area contributed by atoms with Crippen LogP contribution in [0.2, 0.25) is 0 Å². The first-order valence-corrected chi connectivity index (χ1v) is 2.85. The summed E-state index contributed by atoms with van der Waals surface area (Å²) in [5.41, 5.74) is 0. The van der Waals surface area contributed by atoms with Crippen molar-refractivity contribution in [3.8, 4) is 0 Å². The Morgan fingerprint density at radius 1 is 1.25 bits per heavy atom. The van der Waals surface area contributed by atoms with E-state index in [0.717, 1.165) is 17.6 Å². The van der Waals surface area contributed by atoms with E-state index in [2.05, 4.69) is 21.1 Å². The molecule has 0 fully saturated rings. The number of hydrogen-bond donors (Lipinski definition) is 0. The second-order valence-electron chi connectivity index (χ2n) is 3.01. The molecular formula is C6H16NO+. The van der Waals surface area contributed by atoms with Gasteiger partial charge >= 0.3 is 0 Å². The number of ether oxygens (including phenoxy) is 1. The average molecular weight is 118 g/mol. The van der Waals surface area contributed by atoms with Crippen LogP contribution in [0.5, 0.6) is 0 Å². The van der Waals surface area contributed by atoms with Crippen molar-refractivity contribution in [1.82, 2.24) is 0 Å². The van der Waals surface area contributed by atoms with Crippen LogP contribution in [0.25, 0.3) is 0 Å². The summed E-state index contributed by atoms with van der Waals surface area (Å²) in [6.45, 7) is 1.93. The van der Waals surface area contributed by atoms with Gasteiger partial charge < -0.3 is 9.22 Å². The molecule has 0 unspecified atom stereocenters. The third-order valence-corrected chi connectivity index (χ3v) is 0.966. The van der Waals surface area contributed by atoms with E-state index >= 15 is 0 Å². The summed E-state index contributed by atoms with van der Waals surface area (Å²) in [6, 6.07) is 0. The average Bonchev–Trinajstić information content (AvgIpc) is 1.59. The Morgan fingerprint density at radius 2 is 1.75 bits per heavy atom. The molecular weight excluding hydrogens is 102 g/mol. The zero-order valence-corrected chi connectivity index (χ0v) is 6.27. The van der Waals surface area contributed by atoms with E-state index in [-0.39, 0.29) is 0 Å². The van der Waals surface area contributed by atoms with Crippen molar-refractivity contribution in [2.24, 2.45) is 0 Å². The molecule has 0 heterocycles. The van der Waals surface area contributed by atoms with E-state index in [1.54, 1.807) is 7.11 Å². The lowest BCUT2D eigenvalue weighted by Crippen LogP contribution is -2.37. The van der Waals surface area contributed by atoms with Crippen molar-refractivity contribution in [1.29, 1.82) is 0 Å². The molecule has 0 saturated heterocycles. The molecule has 8 heavy (non-hydrogen) atoms. The summed E-state index contributed by atoms with van der Waals surface area (Å²) in [4.78, 5) is 0. The van der Waals surface area contributed by atoms with Gasteiger partial charge in [-0.3, -0.25) is 0 Å². The topological polar surface area (TPSA) is 9.23 Å². The number of nitrogens with zero attached hydrogens (tertiary/aromatic N) is 1. The molecule has 0 radical (unpaired) electrons. The second-order valence-corrected chi connectivity index (χ2v) is 3.01. The van der Waals surface area contributed by atoms with Gasteiger partial charge in [-0.2, -0.15) is 0 Å². The van der Waals surface area contributed by atoms with E-state index < -0.39 is 0 Å². The van der Waals surface area contributed by atoms with Crippen LogP contribution in [-0.2, 0) is 4.74 Å². The van der Waals surface area contributed by atoms with Gasteiger partial charge in [0.05, 0.1) is 27.7 Å². The monoisotopic (exact) mass is 118 g/mol. The van der Waals surface area contributed by atoms with E-state index in [1.807, 2.05) is 0 Å². The standard InChI is InChI=1S/C6H16NO/c1-7(2,3)5-6-8-4/h5-6H2,1-4H3/q+1. The van der Waals surface area contributed by atoms with Crippen LogP contribution in [0, 0.1) is 0 Å². The van der Waals surface area contributed by atoms with Crippen molar-refractivity contribution < 1.29 is 9.22 Å². The number of quaternary nitrogens is 1. The number of rotatable bonds is 3. The van der Waals surface area contributed by atoms with Crippen molar-refractivity contribution in [3.05, 3.63) is 0 Å². The first kappa shape index (κ1) is 7.92. The van der Waals surface area contributed by atoms with Gasteiger partial charge in [0.2, 0.25) is 0 Å². The van der Waals surface area contributed by atoms with Gasteiger partial charge in [-0.1, -0.05) is 0 Å². The molecule has 50 valence electrons. The quantitative estimate of drug-likeness (QED) is 0.485. The highest BCUT2D eigenvalue weighted by Gasteiger charge is 2.03. The van der Waals surface area contributed by atoms with Crippen LogP contribution in [0.3, 0.4) is 0 Å². The zero-order valence-electron chi connectivity index (χ0n) is 6.27. The number of hydrogen-bond acceptors (Lipinski definition) is 1. The summed E-state index contributed by atoms with van der Waals surface area (Å²) in [5.74, 6) is 0. The highest BCUT2D eigenvalue weighted by Crippen LogP contribution is 1.87. The summed E-state index contributed by atoms with van der Waals surface area (Å²) < 4.78 is 5.88. The van der Waals surface area contributed by atoms with E-state index in [4.69, 9.17) is 4.74 Å². The molecule has 0 amide bonds. The minimum absolute atomic E-state index is 0.851. The first-order valence-electron chi connectivity index (χ1n) is 2.85. The molecule has 2 nitrogen and oxygen atoms in total. The highest BCUT2D eigenvalue weighted by molar-refractivity contribution is 4.22. The Kier molecular flexibility index (Phi) is 3.02. The lowest BCUT2D eigenvalue weighted by atomic mass is 10.5. The maximum atomic E-state index is 4.90. The third-order valence-electron chi connectivity index (χ3n) is 0.966. The molecule has 2 heteroatoms. The molecule has 0 N–H and O–H groups in total. The van der Waals surface area contributed by atoms with Crippen molar-refractivity contribution in [3.63, 3.8) is 0 Å². The van der Waals surface area contributed by atoms with Gasteiger partial charge in [-0.05, 0) is 0 Å². The Bertz CT molecular complexity index is 56.0. The molecule has 0 aliphatic heterocycles. The number of methoxy groups -OCH3 is 1. The molecule has 0 aromatic carbocycles. The van der Waals surface area contributed by atoms with E-state index in [0.29, 0.717) is 0 Å². The fourth-order valence-electron chi connectivity index (χ4n) is 0.365. The van der Waals surface area contributed by atoms with Crippen LogP contribution in [-0.4, -0.2) is 45.9 Å². The number of likely N-dealkylation sites (N-methyl/N-ethyl adjacent to an activating group) is 1. The maximum Gasteiger partial charge on any atom is 0.102 e. The molecule has 0 aliphatic rings. The Morgan fingerprint density at radius 3 is 1.88 bits per heavy atom. The molecule has 0 aliphatic carbocycles. The van der Waals surface area contributed by atoms with Crippen LogP contribution in [0.4, 0.5) is 0 Å². The van der Waals surface area contributed by atoms with Crippen LogP contribution < -0.4 is 0 Å². The third kappa shape index (κ3) is 5.92. The smallest absolute Gasteiger partial charge is 0.102 e. The first-order chi connectivity index (χ1) is 3.56. The fraction of sp³-hybridized carbons (Fsp3) is 1.00. The van der Waals surface area contributed by atoms with Crippen molar-refractivity contribution >= 4 is 0 Å². The summed E-state index contributed by atoms with van der Waals surface area (Å²) in [6.07, 6.45) is 0. The van der Waals surface area contributed by atoms with Gasteiger partial charge in [-0.15, -0.1) is 0 Å². The van der Waals surface area contributed by atoms with Gasteiger partial charge in [0, 0.05) is 7.11 Å². The Balaban J connectivity index is 3.11. The molecule has 0 aromatic heterocycles. The molecule has 0 atom stereocenters. The molecule has 0 saturated carbocycles. The van der Waals surface area contributed by atoms with Gasteiger partial charge in [-0.25, -0.2) is 0 Å². The highest BCUT2D eigenvalue weighted by atomic mass is 16.5. The van der Waals surface area contributed by atoms with Crippen LogP contribution >= 0.6 is 0 Å². The van der Waals surface area contributed by atoms with Gasteiger partial charge in [0.1, 0.15) is 6.54 Å². The maximum absolute atomic E-state index is 4.90. The normalized spacial score (nSPS) is 12.0. The predicted molar refractivity (Wildman–Crippen MR) is 34.8 cm³/mol. The van der Waals surface area contributed by atoms with E-state index in [1.165, 1.54) is 0 Å². The van der Waals surface area contributed by atoms with Gasteiger partial charge in [0.25, 0.3) is 0 Å². The summed E-state index contributed by atoms with van der Waals surface area (Å²) in [7, 11) is 8.19. The predicted octanol–water partition coefficient (Wildman–Crippen LogP) is 0.339. The molecule has 0 bridgehead atoms. The molecule has 0 spiro atoms. The SMILES string of the molecule is COCC[N+](C)(C)C. The van der Waals surface area contributed by atoms with Crippen molar-refractivity contribution in [2.45, 2.75) is 0 Å². The Hall–Kier alpha value is -0.0800. The van der Waals surface area contributed by atoms with Crippen LogP contribution in [0.15, 0.2) is 0 Å². The van der Waals surface area contributed by atoms with Crippen molar-refractivity contribution in [2.75, 3.05) is 41.4 Å². The van der Waals surface area contributed by atoms with Crippen LogP contribution in [0.1, 0.15) is 0 Å².